The fourth-order valence-electron chi connectivity index (χ4n) is 3.36. The van der Waals surface area contributed by atoms with E-state index in [2.05, 4.69) is 20.4 Å². The second kappa shape index (κ2) is 5.11. The molecule has 2 nitrogen and oxygen atoms in total. The van der Waals surface area contributed by atoms with Crippen LogP contribution in [0.25, 0.3) is 0 Å². The van der Waals surface area contributed by atoms with E-state index >= 15 is 0 Å². The maximum absolute atomic E-state index is 10.2. The van der Waals surface area contributed by atoms with Crippen LogP contribution in [-0.2, 0) is 0 Å². The summed E-state index contributed by atoms with van der Waals surface area (Å²) in [5.41, 5.74) is 0.742. The molecule has 2 heteroatoms. The van der Waals surface area contributed by atoms with Gasteiger partial charge in [-0.2, -0.15) is 0 Å². The molecule has 0 aromatic rings. The van der Waals surface area contributed by atoms with E-state index in [1.165, 1.54) is 5.57 Å². The van der Waals surface area contributed by atoms with E-state index in [4.69, 9.17) is 0 Å². The molecule has 0 aromatic heterocycles. The molecule has 100 valence electrons. The molecular weight excluding hydrogens is 212 g/mol. The van der Waals surface area contributed by atoms with E-state index in [-0.39, 0.29) is 12.0 Å². The van der Waals surface area contributed by atoms with Crippen molar-refractivity contribution in [1.82, 2.24) is 0 Å². The van der Waals surface area contributed by atoms with Crippen LogP contribution >= 0.6 is 0 Å². The number of hydrogen-bond acceptors (Lipinski definition) is 2. The Morgan fingerprint density at radius 3 is 2.47 bits per heavy atom. The molecule has 2 N–H and O–H groups in total. The molecule has 1 aliphatic carbocycles. The molecule has 0 bridgehead atoms. The number of rotatable bonds is 4. The molecule has 1 saturated carbocycles. The number of hydrogen-bond donors (Lipinski definition) is 2. The van der Waals surface area contributed by atoms with Crippen molar-refractivity contribution in [2.75, 3.05) is 6.61 Å². The molecule has 17 heavy (non-hydrogen) atoms. The number of aliphatic hydroxyl groups is 2. The minimum absolute atomic E-state index is 0.155. The predicted octanol–water partition coefficient (Wildman–Crippen LogP) is 3.14. The van der Waals surface area contributed by atoms with E-state index < -0.39 is 5.60 Å². The third kappa shape index (κ3) is 3.32. The highest BCUT2D eigenvalue weighted by atomic mass is 16.3. The molecule has 0 amide bonds. The largest absolute Gasteiger partial charge is 0.396 e. The van der Waals surface area contributed by atoms with Gasteiger partial charge in [0, 0.05) is 6.61 Å². The van der Waals surface area contributed by atoms with Crippen molar-refractivity contribution in [3.8, 4) is 0 Å². The van der Waals surface area contributed by atoms with Crippen molar-refractivity contribution in [1.29, 1.82) is 0 Å². The summed E-state index contributed by atoms with van der Waals surface area (Å²) in [4.78, 5) is 0. The Bertz CT molecular complexity index is 277. The summed E-state index contributed by atoms with van der Waals surface area (Å²) >= 11 is 0. The first-order valence-electron chi connectivity index (χ1n) is 6.69. The summed E-state index contributed by atoms with van der Waals surface area (Å²) in [6.45, 7) is 12.5. The van der Waals surface area contributed by atoms with E-state index in [1.54, 1.807) is 0 Å². The highest BCUT2D eigenvalue weighted by Gasteiger charge is 2.43. The standard InChI is InChI=1S/C15H28O2/c1-11(2)13-10-12(14(3,4)17)6-7-15(13,5)8-9-16/h12-13,16-17H,1,6-10H2,2-5H3/t12-,13+,15-/m1/s1. The first-order valence-corrected chi connectivity index (χ1v) is 6.69. The van der Waals surface area contributed by atoms with Crippen molar-refractivity contribution in [2.24, 2.45) is 17.3 Å². The van der Waals surface area contributed by atoms with Crippen LogP contribution in [0.1, 0.15) is 53.4 Å². The molecule has 3 atom stereocenters. The van der Waals surface area contributed by atoms with Crippen LogP contribution in [0.4, 0.5) is 0 Å². The first kappa shape index (κ1) is 14.7. The van der Waals surface area contributed by atoms with Gasteiger partial charge >= 0.3 is 0 Å². The Labute approximate surface area is 106 Å². The van der Waals surface area contributed by atoms with Crippen molar-refractivity contribution < 1.29 is 10.2 Å². The van der Waals surface area contributed by atoms with Crippen LogP contribution in [-0.4, -0.2) is 22.4 Å². The third-order valence-corrected chi connectivity index (χ3v) is 4.70. The van der Waals surface area contributed by atoms with Crippen LogP contribution < -0.4 is 0 Å². The molecule has 0 heterocycles. The lowest BCUT2D eigenvalue weighted by molar-refractivity contribution is -0.0384. The van der Waals surface area contributed by atoms with Crippen LogP contribution in [0.3, 0.4) is 0 Å². The summed E-state index contributed by atoms with van der Waals surface area (Å²) in [6.07, 6.45) is 3.95. The summed E-state index contributed by atoms with van der Waals surface area (Å²) in [6, 6.07) is 0. The van der Waals surface area contributed by atoms with E-state index in [9.17, 15) is 10.2 Å². The second-order valence-corrected chi connectivity index (χ2v) is 6.65. The van der Waals surface area contributed by atoms with Gasteiger partial charge in [-0.3, -0.25) is 0 Å². The van der Waals surface area contributed by atoms with Gasteiger partial charge in [0.1, 0.15) is 0 Å². The molecule has 1 aliphatic rings. The van der Waals surface area contributed by atoms with Gasteiger partial charge in [0.05, 0.1) is 5.60 Å². The highest BCUT2D eigenvalue weighted by molar-refractivity contribution is 5.07. The molecule has 0 unspecified atom stereocenters. The van der Waals surface area contributed by atoms with Crippen LogP contribution in [0.15, 0.2) is 12.2 Å². The van der Waals surface area contributed by atoms with Crippen molar-refractivity contribution >= 4 is 0 Å². The van der Waals surface area contributed by atoms with E-state index in [1.807, 2.05) is 13.8 Å². The Morgan fingerprint density at radius 2 is 2.06 bits per heavy atom. The van der Waals surface area contributed by atoms with Gasteiger partial charge in [-0.15, -0.1) is 0 Å². The summed E-state index contributed by atoms with van der Waals surface area (Å²) in [5, 5.41) is 19.4. The molecule has 1 rings (SSSR count). The van der Waals surface area contributed by atoms with Gasteiger partial charge < -0.3 is 10.2 Å². The Kier molecular flexibility index (Phi) is 4.43. The third-order valence-electron chi connectivity index (χ3n) is 4.70. The zero-order chi connectivity index (χ0) is 13.3. The summed E-state index contributed by atoms with van der Waals surface area (Å²) in [5.74, 6) is 0.760. The van der Waals surface area contributed by atoms with Gasteiger partial charge in [-0.25, -0.2) is 0 Å². The minimum Gasteiger partial charge on any atom is -0.396 e. The quantitative estimate of drug-likeness (QED) is 0.741. The smallest absolute Gasteiger partial charge is 0.0620 e. The van der Waals surface area contributed by atoms with Gasteiger partial charge in [-0.05, 0) is 63.7 Å². The molecule has 0 radical (unpaired) electrons. The summed E-state index contributed by atoms with van der Waals surface area (Å²) in [7, 11) is 0. The topological polar surface area (TPSA) is 40.5 Å². The minimum atomic E-state index is -0.603. The zero-order valence-corrected chi connectivity index (χ0v) is 11.8. The lowest BCUT2D eigenvalue weighted by Crippen LogP contribution is -2.42. The highest BCUT2D eigenvalue weighted by Crippen LogP contribution is 2.50. The Balaban J connectivity index is 2.85. The fourth-order valence-corrected chi connectivity index (χ4v) is 3.36. The maximum atomic E-state index is 10.2. The normalized spacial score (nSPS) is 34.7. The lowest BCUT2D eigenvalue weighted by atomic mass is 9.59. The van der Waals surface area contributed by atoms with E-state index in [0.29, 0.717) is 11.8 Å². The lowest BCUT2D eigenvalue weighted by Gasteiger charge is -2.47. The number of allylic oxidation sites excluding steroid dienone is 1. The van der Waals surface area contributed by atoms with Gasteiger partial charge in [0.25, 0.3) is 0 Å². The van der Waals surface area contributed by atoms with E-state index in [0.717, 1.165) is 25.7 Å². The molecule has 1 fully saturated rings. The fraction of sp³-hybridized carbons (Fsp3) is 0.867. The van der Waals surface area contributed by atoms with Gasteiger partial charge in [-0.1, -0.05) is 19.1 Å². The van der Waals surface area contributed by atoms with Gasteiger partial charge in [0.2, 0.25) is 0 Å². The average molecular weight is 240 g/mol. The first-order chi connectivity index (χ1) is 7.70. The Hall–Kier alpha value is -0.340. The number of aliphatic hydroxyl groups excluding tert-OH is 1. The van der Waals surface area contributed by atoms with Gasteiger partial charge in [0.15, 0.2) is 0 Å². The van der Waals surface area contributed by atoms with Crippen molar-refractivity contribution in [3.63, 3.8) is 0 Å². The van der Waals surface area contributed by atoms with Crippen LogP contribution in [0, 0.1) is 17.3 Å². The van der Waals surface area contributed by atoms with Crippen molar-refractivity contribution in [2.45, 2.75) is 59.0 Å². The second-order valence-electron chi connectivity index (χ2n) is 6.65. The molecule has 0 aromatic carbocycles. The van der Waals surface area contributed by atoms with Crippen LogP contribution in [0.5, 0.6) is 0 Å². The zero-order valence-electron chi connectivity index (χ0n) is 11.8. The SMILES string of the molecule is C=C(C)[C@@H]1C[C@H](C(C)(C)O)CC[C@]1(C)CCO. The molecule has 0 saturated heterocycles. The molecule has 0 aliphatic heterocycles. The average Bonchev–Trinajstić information content (AvgIpc) is 2.15. The predicted molar refractivity (Wildman–Crippen MR) is 71.8 cm³/mol. The monoisotopic (exact) mass is 240 g/mol. The van der Waals surface area contributed by atoms with Crippen molar-refractivity contribution in [3.05, 3.63) is 12.2 Å². The van der Waals surface area contributed by atoms with Crippen LogP contribution in [0.2, 0.25) is 0 Å². The molecule has 0 spiro atoms. The summed E-state index contributed by atoms with van der Waals surface area (Å²) < 4.78 is 0. The Morgan fingerprint density at radius 1 is 1.47 bits per heavy atom. The molecular formula is C15H28O2. The maximum Gasteiger partial charge on any atom is 0.0620 e.